The predicted octanol–water partition coefficient (Wildman–Crippen LogP) is 2.16. The Morgan fingerprint density at radius 2 is 1.69 bits per heavy atom. The van der Waals surface area contributed by atoms with E-state index in [1.54, 1.807) is 18.0 Å². The van der Waals surface area contributed by atoms with E-state index in [0.717, 1.165) is 0 Å². The molecule has 0 bridgehead atoms. The van der Waals surface area contributed by atoms with Gasteiger partial charge in [0.1, 0.15) is 0 Å². The molecule has 0 fully saturated rings. The first-order valence-electron chi connectivity index (χ1n) is 3.52. The van der Waals surface area contributed by atoms with Crippen molar-refractivity contribution in [3.8, 4) is 11.5 Å². The Bertz CT molecular complexity index is 334. The van der Waals surface area contributed by atoms with Crippen LogP contribution in [0.3, 0.4) is 0 Å². The van der Waals surface area contributed by atoms with Crippen molar-refractivity contribution in [2.45, 2.75) is 11.9 Å². The zero-order valence-electron chi connectivity index (χ0n) is 7.21. The third kappa shape index (κ3) is 2.57. The van der Waals surface area contributed by atoms with E-state index in [-0.39, 0.29) is 11.5 Å². The number of aromatic hydroxyl groups is 2. The zero-order valence-corrected chi connectivity index (χ0v) is 11.1. The fraction of sp³-hybridized carbons (Fsp3) is 0.250. The number of benzene rings is 1. The maximum atomic E-state index is 9.47. The van der Waals surface area contributed by atoms with Crippen molar-refractivity contribution in [3.05, 3.63) is 17.7 Å². The Balaban J connectivity index is 3.32. The minimum absolute atomic E-state index is 0.0169. The summed E-state index contributed by atoms with van der Waals surface area (Å²) in [6.45, 7) is 1.74. The van der Waals surface area contributed by atoms with E-state index in [9.17, 15) is 10.2 Å². The van der Waals surface area contributed by atoms with Gasteiger partial charge < -0.3 is 0 Å². The summed E-state index contributed by atoms with van der Waals surface area (Å²) in [5.74, 6) is 0.0402. The molecule has 0 unspecified atom stereocenters. The average Bonchev–Trinajstić information content (AvgIpc) is 1.94. The fourth-order valence-corrected chi connectivity index (χ4v) is 4.92. The molecule has 0 atom stereocenters. The molecule has 0 saturated heterocycles. The Kier molecular flexibility index (Phi) is 3.24. The topological polar surface area (TPSA) is 40.5 Å². The number of hydrogen-bond donors (Lipinski definition) is 2. The van der Waals surface area contributed by atoms with E-state index >= 15 is 0 Å². The number of aryl methyl sites for hydroxylation is 1. The molecule has 0 radical (unpaired) electrons. The fourth-order valence-electron chi connectivity index (χ4n) is 0.946. The van der Waals surface area contributed by atoms with Crippen LogP contribution in [0.15, 0.2) is 12.1 Å². The summed E-state index contributed by atoms with van der Waals surface area (Å²) in [5.41, 5.74) is 0.673. The van der Waals surface area contributed by atoms with Crippen LogP contribution in [-0.4, -0.2) is 26.2 Å². The molecule has 1 aromatic rings. The van der Waals surface area contributed by atoms with E-state index in [2.05, 4.69) is 0 Å². The molecule has 0 heterocycles. The number of hydrogen-bond acceptors (Lipinski definition) is 2. The van der Waals surface area contributed by atoms with Crippen molar-refractivity contribution in [1.82, 2.24) is 0 Å². The normalized spacial score (nSPS) is 12.9. The van der Waals surface area contributed by atoms with Crippen LogP contribution in [0.2, 0.25) is 4.97 Å². The molecule has 0 aliphatic rings. The van der Waals surface area contributed by atoms with Crippen molar-refractivity contribution in [2.24, 2.45) is 0 Å². The standard InChI is InChI=1S/C8H10Cl2O2Te/c1-5-3-8(13(2,9)10)7(12)4-6(5)11/h3-4,11-12H,1-2H3. The van der Waals surface area contributed by atoms with Crippen molar-refractivity contribution >= 4 is 37.5 Å². The molecular weight excluding hydrogens is 327 g/mol. The van der Waals surface area contributed by atoms with Crippen LogP contribution in [-0.2, 0) is 0 Å². The molecule has 0 saturated carbocycles. The van der Waals surface area contributed by atoms with E-state index in [0.29, 0.717) is 9.17 Å². The molecule has 74 valence electrons. The van der Waals surface area contributed by atoms with E-state index in [1.807, 2.05) is 0 Å². The Morgan fingerprint density at radius 1 is 1.15 bits per heavy atom. The second kappa shape index (κ2) is 3.74. The monoisotopic (exact) mass is 338 g/mol. The summed E-state index contributed by atoms with van der Waals surface area (Å²) in [4.78, 5) is 1.75. The molecule has 0 aliphatic heterocycles. The summed E-state index contributed by atoms with van der Waals surface area (Å²) in [7, 11) is 12.0. The van der Waals surface area contributed by atoms with Gasteiger partial charge >= 0.3 is 88.8 Å². The van der Waals surface area contributed by atoms with Crippen LogP contribution in [0.1, 0.15) is 5.56 Å². The van der Waals surface area contributed by atoms with Gasteiger partial charge in [-0.05, 0) is 0 Å². The summed E-state index contributed by atoms with van der Waals surface area (Å²) < 4.78 is 0.585. The molecule has 1 rings (SSSR count). The first-order chi connectivity index (χ1) is 5.82. The van der Waals surface area contributed by atoms with Crippen LogP contribution < -0.4 is 3.61 Å². The molecule has 0 amide bonds. The SMILES string of the molecule is Cc1cc([Te](C)(Cl)Cl)c(O)cc1O. The van der Waals surface area contributed by atoms with E-state index in [1.165, 1.54) is 6.07 Å². The molecule has 0 aromatic heterocycles. The third-order valence-electron chi connectivity index (χ3n) is 1.66. The first-order valence-corrected chi connectivity index (χ1v) is 12.9. The van der Waals surface area contributed by atoms with Crippen LogP contribution in [0.5, 0.6) is 11.5 Å². The molecule has 2 nitrogen and oxygen atoms in total. The molecule has 2 N–H and O–H groups in total. The Labute approximate surface area is 88.4 Å². The zero-order chi connectivity index (χ0) is 10.2. The molecular formula is C8H10Cl2O2Te. The second-order valence-electron chi connectivity index (χ2n) is 2.83. The van der Waals surface area contributed by atoms with Gasteiger partial charge in [-0.2, -0.15) is 0 Å². The number of rotatable bonds is 1. The maximum absolute atomic E-state index is 9.47. The first kappa shape index (κ1) is 11.3. The number of phenolic OH excluding ortho intramolecular Hbond substituents is 2. The van der Waals surface area contributed by atoms with Gasteiger partial charge in [-0.1, -0.05) is 0 Å². The van der Waals surface area contributed by atoms with Crippen LogP contribution in [0.25, 0.3) is 0 Å². The van der Waals surface area contributed by atoms with Crippen molar-refractivity contribution < 1.29 is 10.2 Å². The van der Waals surface area contributed by atoms with E-state index < -0.39 is 15.9 Å². The van der Waals surface area contributed by atoms with Crippen molar-refractivity contribution in [1.29, 1.82) is 0 Å². The van der Waals surface area contributed by atoms with Crippen molar-refractivity contribution in [3.63, 3.8) is 0 Å². The molecule has 0 spiro atoms. The third-order valence-corrected chi connectivity index (χ3v) is 7.03. The van der Waals surface area contributed by atoms with Gasteiger partial charge in [0.15, 0.2) is 0 Å². The van der Waals surface area contributed by atoms with Gasteiger partial charge in [0.05, 0.1) is 0 Å². The summed E-state index contributed by atoms with van der Waals surface area (Å²) in [6, 6.07) is 2.92. The van der Waals surface area contributed by atoms with Gasteiger partial charge in [-0.3, -0.25) is 0 Å². The summed E-state index contributed by atoms with van der Waals surface area (Å²) >= 11 is -3.06. The molecule has 0 aliphatic carbocycles. The van der Waals surface area contributed by atoms with Crippen LogP contribution >= 0.6 is 17.9 Å². The van der Waals surface area contributed by atoms with Crippen LogP contribution in [0.4, 0.5) is 0 Å². The van der Waals surface area contributed by atoms with E-state index in [4.69, 9.17) is 17.9 Å². The van der Waals surface area contributed by atoms with Crippen molar-refractivity contribution in [2.75, 3.05) is 0 Å². The summed E-state index contributed by atoms with van der Waals surface area (Å²) in [6.07, 6.45) is 0. The second-order valence-corrected chi connectivity index (χ2v) is 17.6. The van der Waals surface area contributed by atoms with Gasteiger partial charge in [0.2, 0.25) is 0 Å². The average molecular weight is 337 g/mol. The Morgan fingerprint density at radius 3 is 2.15 bits per heavy atom. The minimum atomic E-state index is -3.06. The molecule has 5 heteroatoms. The molecule has 1 aromatic carbocycles. The number of phenols is 2. The number of halogens is 2. The Hall–Kier alpha value is 0.190. The van der Waals surface area contributed by atoms with Gasteiger partial charge in [-0.15, -0.1) is 0 Å². The quantitative estimate of drug-likeness (QED) is 0.772. The summed E-state index contributed by atoms with van der Waals surface area (Å²) in [5, 5.41) is 18.7. The van der Waals surface area contributed by atoms with Gasteiger partial charge in [-0.25, -0.2) is 0 Å². The van der Waals surface area contributed by atoms with Crippen LogP contribution in [0, 0.1) is 6.92 Å². The van der Waals surface area contributed by atoms with Gasteiger partial charge in [0.25, 0.3) is 0 Å². The molecule has 13 heavy (non-hydrogen) atoms. The van der Waals surface area contributed by atoms with Gasteiger partial charge in [0, 0.05) is 0 Å². The predicted molar refractivity (Wildman–Crippen MR) is 57.5 cm³/mol.